The summed E-state index contributed by atoms with van der Waals surface area (Å²) in [6.07, 6.45) is 2.86. The number of hydrogen-bond acceptors (Lipinski definition) is 3. The zero-order valence-corrected chi connectivity index (χ0v) is 13.5. The van der Waals surface area contributed by atoms with Crippen LogP contribution in [0.5, 0.6) is 0 Å². The van der Waals surface area contributed by atoms with Gasteiger partial charge < -0.3 is 5.32 Å². The Morgan fingerprint density at radius 1 is 1.44 bits per heavy atom. The number of nitrogens with one attached hydrogen (secondary N) is 1. The van der Waals surface area contributed by atoms with Gasteiger partial charge in [-0.25, -0.2) is 0 Å². The van der Waals surface area contributed by atoms with Gasteiger partial charge in [0.05, 0.1) is 3.79 Å². The van der Waals surface area contributed by atoms with E-state index in [1.54, 1.807) is 0 Å². The topological polar surface area (TPSA) is 15.3 Å². The van der Waals surface area contributed by atoms with Gasteiger partial charge >= 0.3 is 0 Å². The van der Waals surface area contributed by atoms with Gasteiger partial charge in [-0.1, -0.05) is 0 Å². The molecule has 0 spiro atoms. The van der Waals surface area contributed by atoms with Crippen LogP contribution in [-0.2, 0) is 6.54 Å². The molecule has 1 saturated heterocycles. The zero-order chi connectivity index (χ0) is 12.8. The average molecular weight is 329 g/mol. The minimum Gasteiger partial charge on any atom is -0.309 e. The summed E-state index contributed by atoms with van der Waals surface area (Å²) in [7, 11) is 0. The lowest BCUT2D eigenvalue weighted by Crippen LogP contribution is -2.61. The summed E-state index contributed by atoms with van der Waals surface area (Å²) in [5.41, 5.74) is 0.250. The van der Waals surface area contributed by atoms with E-state index in [1.807, 2.05) is 11.3 Å². The Hall–Kier alpha value is 0.1000. The highest BCUT2D eigenvalue weighted by molar-refractivity contribution is 9.11. The summed E-state index contributed by atoms with van der Waals surface area (Å²) in [5, 5.41) is 3.70. The molecule has 2 fully saturated rings. The molecule has 3 rings (SSSR count). The molecule has 1 unspecified atom stereocenters. The molecule has 2 heterocycles. The fourth-order valence-electron chi connectivity index (χ4n) is 2.95. The smallest absolute Gasteiger partial charge is 0.0701 e. The summed E-state index contributed by atoms with van der Waals surface area (Å²) in [5.74, 6) is 0.942. The van der Waals surface area contributed by atoms with Crippen molar-refractivity contribution in [2.24, 2.45) is 5.92 Å². The Balaban J connectivity index is 1.72. The summed E-state index contributed by atoms with van der Waals surface area (Å²) in [4.78, 5) is 4.18. The van der Waals surface area contributed by atoms with Gasteiger partial charge in [0.2, 0.25) is 0 Å². The molecule has 1 saturated carbocycles. The first-order valence-electron chi connectivity index (χ1n) is 6.77. The molecular weight excluding hydrogens is 308 g/mol. The first-order valence-corrected chi connectivity index (χ1v) is 8.38. The maximum absolute atomic E-state index is 3.70. The van der Waals surface area contributed by atoms with Crippen molar-refractivity contribution in [2.45, 2.75) is 44.8 Å². The molecule has 1 aliphatic carbocycles. The third-order valence-electron chi connectivity index (χ3n) is 4.01. The molecule has 1 N–H and O–H groups in total. The van der Waals surface area contributed by atoms with E-state index in [2.05, 4.69) is 52.1 Å². The second kappa shape index (κ2) is 4.89. The highest BCUT2D eigenvalue weighted by Crippen LogP contribution is 2.38. The maximum Gasteiger partial charge on any atom is 0.0701 e. The van der Waals surface area contributed by atoms with Crippen molar-refractivity contribution in [1.29, 1.82) is 0 Å². The highest BCUT2D eigenvalue weighted by atomic mass is 79.9. The molecule has 0 amide bonds. The standard InChI is InChI=1S/C14H21BrN2S/c1-14(2)9-17(8-11-5-6-13(15)18-11)12(7-16-14)10-3-4-10/h5-6,10,12,16H,3-4,7-9H2,1-2H3. The fraction of sp³-hybridized carbons (Fsp3) is 0.714. The second-order valence-electron chi connectivity index (χ2n) is 6.28. The Morgan fingerprint density at radius 3 is 2.83 bits per heavy atom. The Labute approximate surface area is 122 Å². The molecule has 1 aromatic heterocycles. The summed E-state index contributed by atoms with van der Waals surface area (Å²) in [6.45, 7) is 8.05. The summed E-state index contributed by atoms with van der Waals surface area (Å²) >= 11 is 5.43. The van der Waals surface area contributed by atoms with Crippen LogP contribution in [0.1, 0.15) is 31.6 Å². The Kier molecular flexibility index (Phi) is 3.56. The number of rotatable bonds is 3. The molecule has 18 heavy (non-hydrogen) atoms. The van der Waals surface area contributed by atoms with Crippen molar-refractivity contribution in [3.8, 4) is 0 Å². The minimum absolute atomic E-state index is 0.250. The quantitative estimate of drug-likeness (QED) is 0.913. The predicted molar refractivity (Wildman–Crippen MR) is 81.0 cm³/mol. The van der Waals surface area contributed by atoms with E-state index < -0.39 is 0 Å². The third-order valence-corrected chi connectivity index (χ3v) is 5.62. The van der Waals surface area contributed by atoms with Gasteiger partial charge in [0.15, 0.2) is 0 Å². The average Bonchev–Trinajstić information content (AvgIpc) is 3.02. The van der Waals surface area contributed by atoms with Crippen LogP contribution in [0.15, 0.2) is 15.9 Å². The van der Waals surface area contributed by atoms with Crippen LogP contribution in [0.4, 0.5) is 0 Å². The van der Waals surface area contributed by atoms with Crippen LogP contribution in [0, 0.1) is 5.92 Å². The van der Waals surface area contributed by atoms with E-state index in [0.29, 0.717) is 0 Å². The van der Waals surface area contributed by atoms with E-state index in [0.717, 1.165) is 31.6 Å². The van der Waals surface area contributed by atoms with Gasteiger partial charge in [-0.15, -0.1) is 11.3 Å². The van der Waals surface area contributed by atoms with Gasteiger partial charge in [0.25, 0.3) is 0 Å². The van der Waals surface area contributed by atoms with Crippen LogP contribution in [0.2, 0.25) is 0 Å². The van der Waals surface area contributed by atoms with Gasteiger partial charge in [-0.2, -0.15) is 0 Å². The molecule has 0 bridgehead atoms. The molecule has 0 radical (unpaired) electrons. The van der Waals surface area contributed by atoms with Crippen molar-refractivity contribution in [2.75, 3.05) is 13.1 Å². The highest BCUT2D eigenvalue weighted by Gasteiger charge is 2.40. The molecule has 1 aliphatic heterocycles. The van der Waals surface area contributed by atoms with Crippen LogP contribution in [0.25, 0.3) is 0 Å². The summed E-state index contributed by atoms with van der Waals surface area (Å²) in [6, 6.07) is 5.17. The van der Waals surface area contributed by atoms with Crippen molar-refractivity contribution >= 4 is 27.3 Å². The lowest BCUT2D eigenvalue weighted by Gasteiger charge is -2.44. The SMILES string of the molecule is CC1(C)CN(Cc2ccc(Br)s2)C(C2CC2)CN1. The van der Waals surface area contributed by atoms with Crippen molar-refractivity contribution in [3.05, 3.63) is 20.8 Å². The largest absolute Gasteiger partial charge is 0.309 e. The normalized spacial score (nSPS) is 28.5. The lowest BCUT2D eigenvalue weighted by molar-refractivity contribution is 0.0769. The number of piperazine rings is 1. The third kappa shape index (κ3) is 2.98. The first kappa shape index (κ1) is 13.1. The van der Waals surface area contributed by atoms with Crippen molar-refractivity contribution in [3.63, 3.8) is 0 Å². The second-order valence-corrected chi connectivity index (χ2v) is 8.83. The molecule has 2 nitrogen and oxygen atoms in total. The molecule has 4 heteroatoms. The van der Waals surface area contributed by atoms with E-state index in [-0.39, 0.29) is 5.54 Å². The molecule has 0 aromatic carbocycles. The van der Waals surface area contributed by atoms with Gasteiger partial charge in [-0.3, -0.25) is 4.90 Å². The van der Waals surface area contributed by atoms with Gasteiger partial charge in [0, 0.05) is 36.1 Å². The Morgan fingerprint density at radius 2 is 2.22 bits per heavy atom. The van der Waals surface area contributed by atoms with Gasteiger partial charge in [0.1, 0.15) is 0 Å². The lowest BCUT2D eigenvalue weighted by atomic mass is 9.96. The van der Waals surface area contributed by atoms with Gasteiger partial charge in [-0.05, 0) is 60.7 Å². The van der Waals surface area contributed by atoms with Crippen molar-refractivity contribution < 1.29 is 0 Å². The van der Waals surface area contributed by atoms with E-state index >= 15 is 0 Å². The van der Waals surface area contributed by atoms with Crippen LogP contribution >= 0.6 is 27.3 Å². The van der Waals surface area contributed by atoms with Crippen LogP contribution < -0.4 is 5.32 Å². The monoisotopic (exact) mass is 328 g/mol. The number of nitrogens with zero attached hydrogens (tertiary/aromatic N) is 1. The zero-order valence-electron chi connectivity index (χ0n) is 11.1. The van der Waals surface area contributed by atoms with Crippen LogP contribution in [0.3, 0.4) is 0 Å². The van der Waals surface area contributed by atoms with Crippen LogP contribution in [-0.4, -0.2) is 29.6 Å². The minimum atomic E-state index is 0.250. The first-order chi connectivity index (χ1) is 8.53. The molecule has 1 aromatic rings. The number of halogens is 1. The van der Waals surface area contributed by atoms with E-state index in [9.17, 15) is 0 Å². The number of thiophene rings is 1. The molecule has 1 atom stereocenters. The summed E-state index contributed by atoms with van der Waals surface area (Å²) < 4.78 is 1.25. The maximum atomic E-state index is 3.70. The number of hydrogen-bond donors (Lipinski definition) is 1. The van der Waals surface area contributed by atoms with E-state index in [1.165, 1.54) is 21.5 Å². The molecule has 2 aliphatic rings. The molecule has 100 valence electrons. The van der Waals surface area contributed by atoms with Crippen molar-refractivity contribution in [1.82, 2.24) is 10.2 Å². The Bertz CT molecular complexity index is 425. The molecular formula is C14H21BrN2S. The fourth-order valence-corrected chi connectivity index (χ4v) is 4.46. The predicted octanol–water partition coefficient (Wildman–Crippen LogP) is 3.47. The van der Waals surface area contributed by atoms with E-state index in [4.69, 9.17) is 0 Å².